The number of nitrogens with zero attached hydrogens (tertiary/aromatic N) is 3. The summed E-state index contributed by atoms with van der Waals surface area (Å²) in [4.78, 5) is 51.0. The first-order valence-corrected chi connectivity index (χ1v) is 11.2. The van der Waals surface area contributed by atoms with Crippen molar-refractivity contribution in [2.24, 2.45) is 0 Å². The fourth-order valence-corrected chi connectivity index (χ4v) is 4.45. The zero-order valence-corrected chi connectivity index (χ0v) is 18.5. The maximum atomic E-state index is 12.7. The summed E-state index contributed by atoms with van der Waals surface area (Å²) in [5, 5.41) is 11.0. The highest BCUT2D eigenvalue weighted by atomic mass is 32.2. The molecule has 9 nitrogen and oxygen atoms in total. The predicted molar refractivity (Wildman–Crippen MR) is 122 cm³/mol. The molecule has 170 valence electrons. The highest BCUT2D eigenvalue weighted by Gasteiger charge is 2.37. The van der Waals surface area contributed by atoms with Crippen molar-refractivity contribution in [1.29, 1.82) is 0 Å². The summed E-state index contributed by atoms with van der Waals surface area (Å²) in [5.74, 6) is -0.735. The third-order valence-corrected chi connectivity index (χ3v) is 6.25. The van der Waals surface area contributed by atoms with Crippen LogP contribution in [0.4, 0.5) is 10.5 Å². The summed E-state index contributed by atoms with van der Waals surface area (Å²) in [6.07, 6.45) is 3.24. The molecule has 2 aromatic rings. The highest BCUT2D eigenvalue weighted by Crippen LogP contribution is 2.34. The van der Waals surface area contributed by atoms with Gasteiger partial charge in [-0.05, 0) is 47.9 Å². The van der Waals surface area contributed by atoms with E-state index in [0.29, 0.717) is 30.4 Å². The van der Waals surface area contributed by atoms with Gasteiger partial charge in [-0.2, -0.15) is 0 Å². The molecule has 2 heterocycles. The van der Waals surface area contributed by atoms with E-state index in [1.54, 1.807) is 11.0 Å². The van der Waals surface area contributed by atoms with Crippen LogP contribution >= 0.6 is 11.8 Å². The van der Waals surface area contributed by atoms with Crippen LogP contribution in [0, 0.1) is 10.1 Å². The number of amides is 3. The molecule has 0 radical (unpaired) electrons. The van der Waals surface area contributed by atoms with Crippen molar-refractivity contribution in [3.8, 4) is 5.75 Å². The monoisotopic (exact) mass is 467 g/mol. The summed E-state index contributed by atoms with van der Waals surface area (Å²) in [5.41, 5.74) is 1.00. The van der Waals surface area contributed by atoms with Crippen molar-refractivity contribution in [3.63, 3.8) is 0 Å². The quantitative estimate of drug-likeness (QED) is 0.346. The average Bonchev–Trinajstić information content (AvgIpc) is 3.44. The van der Waals surface area contributed by atoms with Gasteiger partial charge in [0.1, 0.15) is 13.2 Å². The van der Waals surface area contributed by atoms with Gasteiger partial charge in [-0.1, -0.05) is 36.4 Å². The number of imide groups is 1. The topological polar surface area (TPSA) is 110 Å². The lowest BCUT2D eigenvalue weighted by Crippen LogP contribution is -2.40. The minimum absolute atomic E-state index is 0.102. The number of nitro benzene ring substituents is 1. The van der Waals surface area contributed by atoms with E-state index < -0.39 is 16.1 Å². The van der Waals surface area contributed by atoms with Crippen LogP contribution in [0.15, 0.2) is 53.4 Å². The second-order valence-corrected chi connectivity index (χ2v) is 8.61. The molecule has 0 N–H and O–H groups in total. The van der Waals surface area contributed by atoms with Gasteiger partial charge in [0, 0.05) is 19.2 Å². The van der Waals surface area contributed by atoms with E-state index in [1.165, 1.54) is 18.2 Å². The average molecular weight is 468 g/mol. The van der Waals surface area contributed by atoms with E-state index >= 15 is 0 Å². The number of likely N-dealkylation sites (tertiary alicyclic amines) is 1. The lowest BCUT2D eigenvalue weighted by Gasteiger charge is -2.18. The normalized spacial score (nSPS) is 17.2. The fourth-order valence-electron chi connectivity index (χ4n) is 3.61. The van der Waals surface area contributed by atoms with E-state index in [0.717, 1.165) is 23.3 Å². The van der Waals surface area contributed by atoms with Crippen molar-refractivity contribution in [2.45, 2.75) is 19.4 Å². The van der Waals surface area contributed by atoms with Crippen LogP contribution < -0.4 is 4.74 Å². The molecule has 2 aliphatic rings. The lowest BCUT2D eigenvalue weighted by atomic mass is 10.1. The number of hydrogen-bond acceptors (Lipinski definition) is 7. The minimum Gasteiger partial charge on any atom is -0.482 e. The molecule has 0 aromatic heterocycles. The van der Waals surface area contributed by atoms with Crippen LogP contribution in [0.25, 0.3) is 6.08 Å². The van der Waals surface area contributed by atoms with Crippen molar-refractivity contribution in [2.75, 3.05) is 19.6 Å². The van der Waals surface area contributed by atoms with Gasteiger partial charge in [0.25, 0.3) is 11.1 Å². The SMILES string of the molecule is O=C(CN1C(=O)S/C(=C/c2ccc(OCc3ccccc3)c([N+](=O)[O-])c2)C1=O)N1CCCC1. The molecular formula is C23H21N3O6S. The zero-order chi connectivity index (χ0) is 23.4. The number of hydrogen-bond donors (Lipinski definition) is 0. The largest absolute Gasteiger partial charge is 0.482 e. The Morgan fingerprint density at radius 2 is 1.85 bits per heavy atom. The van der Waals surface area contributed by atoms with E-state index in [1.807, 2.05) is 30.3 Å². The van der Waals surface area contributed by atoms with Gasteiger partial charge >= 0.3 is 5.69 Å². The maximum absolute atomic E-state index is 12.7. The Hall–Kier alpha value is -3.66. The first-order chi connectivity index (χ1) is 15.9. The predicted octanol–water partition coefficient (Wildman–Crippen LogP) is 3.83. The van der Waals surface area contributed by atoms with E-state index in [9.17, 15) is 24.5 Å². The van der Waals surface area contributed by atoms with E-state index in [2.05, 4.69) is 0 Å². The van der Waals surface area contributed by atoms with Gasteiger partial charge in [0.15, 0.2) is 5.75 Å². The molecule has 2 aromatic carbocycles. The number of thioether (sulfide) groups is 1. The molecule has 0 aliphatic carbocycles. The molecule has 3 amide bonds. The fraction of sp³-hybridized carbons (Fsp3) is 0.261. The van der Waals surface area contributed by atoms with Crippen molar-refractivity contribution in [3.05, 3.63) is 74.7 Å². The molecule has 0 saturated carbocycles. The summed E-state index contributed by atoms with van der Waals surface area (Å²) in [6, 6.07) is 13.6. The van der Waals surface area contributed by atoms with Gasteiger partial charge in [0.05, 0.1) is 9.83 Å². The number of benzene rings is 2. The lowest BCUT2D eigenvalue weighted by molar-refractivity contribution is -0.386. The summed E-state index contributed by atoms with van der Waals surface area (Å²) in [6.45, 7) is 1.14. The number of rotatable bonds is 7. The number of nitro groups is 1. The third kappa shape index (κ3) is 5.23. The molecule has 0 atom stereocenters. The first kappa shape index (κ1) is 22.5. The zero-order valence-electron chi connectivity index (χ0n) is 17.6. The third-order valence-electron chi connectivity index (χ3n) is 5.34. The van der Waals surface area contributed by atoms with Gasteiger partial charge in [-0.3, -0.25) is 29.4 Å². The Balaban J connectivity index is 1.49. The molecule has 0 unspecified atom stereocenters. The van der Waals surface area contributed by atoms with Crippen LogP contribution in [0.3, 0.4) is 0 Å². The van der Waals surface area contributed by atoms with Crippen LogP contribution in [0.2, 0.25) is 0 Å². The Bertz CT molecular complexity index is 1130. The van der Waals surface area contributed by atoms with Gasteiger partial charge in [-0.15, -0.1) is 0 Å². The summed E-state index contributed by atoms with van der Waals surface area (Å²) < 4.78 is 5.62. The molecule has 33 heavy (non-hydrogen) atoms. The molecule has 10 heteroatoms. The van der Waals surface area contributed by atoms with Gasteiger partial charge in [-0.25, -0.2) is 0 Å². The second-order valence-electron chi connectivity index (χ2n) is 7.61. The van der Waals surface area contributed by atoms with E-state index in [4.69, 9.17) is 4.74 Å². The van der Waals surface area contributed by atoms with E-state index in [-0.39, 0.29) is 35.4 Å². The highest BCUT2D eigenvalue weighted by molar-refractivity contribution is 8.18. The Morgan fingerprint density at radius 1 is 1.12 bits per heavy atom. The summed E-state index contributed by atoms with van der Waals surface area (Å²) in [7, 11) is 0. The van der Waals surface area contributed by atoms with Crippen LogP contribution in [-0.2, 0) is 16.2 Å². The first-order valence-electron chi connectivity index (χ1n) is 10.4. The van der Waals surface area contributed by atoms with Crippen molar-refractivity contribution in [1.82, 2.24) is 9.80 Å². The van der Waals surface area contributed by atoms with Gasteiger partial charge in [0.2, 0.25) is 5.91 Å². The Kier molecular flexibility index (Phi) is 6.74. The Morgan fingerprint density at radius 3 is 2.55 bits per heavy atom. The van der Waals surface area contributed by atoms with Crippen LogP contribution in [0.5, 0.6) is 5.75 Å². The maximum Gasteiger partial charge on any atom is 0.311 e. The molecule has 2 saturated heterocycles. The Labute approximate surface area is 194 Å². The molecule has 2 aliphatic heterocycles. The van der Waals surface area contributed by atoms with Crippen LogP contribution in [-0.4, -0.2) is 51.4 Å². The van der Waals surface area contributed by atoms with Crippen LogP contribution in [0.1, 0.15) is 24.0 Å². The number of carbonyl (C=O) groups excluding carboxylic acids is 3. The van der Waals surface area contributed by atoms with Gasteiger partial charge < -0.3 is 9.64 Å². The number of carbonyl (C=O) groups is 3. The van der Waals surface area contributed by atoms with Crippen molar-refractivity contribution < 1.29 is 24.0 Å². The molecule has 0 spiro atoms. The molecule has 0 bridgehead atoms. The second kappa shape index (κ2) is 9.86. The molecule has 4 rings (SSSR count). The molecular weight excluding hydrogens is 446 g/mol. The van der Waals surface area contributed by atoms with Crippen molar-refractivity contribution >= 4 is 40.6 Å². The minimum atomic E-state index is -0.579. The smallest absolute Gasteiger partial charge is 0.311 e. The summed E-state index contributed by atoms with van der Waals surface area (Å²) >= 11 is 0.714. The number of ether oxygens (including phenoxy) is 1. The molecule has 2 fully saturated rings. The standard InChI is InChI=1S/C23H21N3O6S/c27-21(24-10-4-5-11-24)14-25-22(28)20(33-23(25)29)13-17-8-9-19(18(12-17)26(30)31)32-15-16-6-2-1-3-7-16/h1-3,6-9,12-13H,4-5,10-11,14-15H2/b20-13+.